The number of hydrogen-bond acceptors (Lipinski definition) is 3. The van der Waals surface area contributed by atoms with Crippen LogP contribution in [0.1, 0.15) is 85.0 Å². The molecule has 0 saturated heterocycles. The number of unbranched alkanes of at least 4 members (excludes halogenated alkanes) is 2. The van der Waals surface area contributed by atoms with Crippen molar-refractivity contribution >= 4 is 11.9 Å². The van der Waals surface area contributed by atoms with Crippen LogP contribution in [-0.4, -0.2) is 22.6 Å². The van der Waals surface area contributed by atoms with E-state index in [1.807, 2.05) is 0 Å². The zero-order chi connectivity index (χ0) is 16.6. The molecular formula is C18H32O4. The summed E-state index contributed by atoms with van der Waals surface area (Å²) in [7, 11) is 0. The molecule has 4 nitrogen and oxygen atoms in total. The second-order valence-electron chi connectivity index (χ2n) is 6.67. The van der Waals surface area contributed by atoms with E-state index in [9.17, 15) is 9.59 Å². The molecule has 1 N–H and O–H groups in total. The van der Waals surface area contributed by atoms with Gasteiger partial charge < -0.3 is 9.84 Å². The van der Waals surface area contributed by atoms with Gasteiger partial charge in [-0.05, 0) is 44.9 Å². The van der Waals surface area contributed by atoms with Gasteiger partial charge in [0, 0.05) is 0 Å². The van der Waals surface area contributed by atoms with Gasteiger partial charge in [-0.3, -0.25) is 9.59 Å². The van der Waals surface area contributed by atoms with Crippen molar-refractivity contribution in [3.63, 3.8) is 0 Å². The summed E-state index contributed by atoms with van der Waals surface area (Å²) in [6.07, 6.45) is 8.64. The lowest BCUT2D eigenvalue weighted by molar-refractivity contribution is -0.169. The van der Waals surface area contributed by atoms with Crippen molar-refractivity contribution in [1.29, 1.82) is 0 Å². The van der Waals surface area contributed by atoms with Crippen LogP contribution in [0.5, 0.6) is 0 Å². The summed E-state index contributed by atoms with van der Waals surface area (Å²) in [6.45, 7) is 6.31. The molecule has 0 aromatic rings. The molecule has 22 heavy (non-hydrogen) atoms. The Morgan fingerprint density at radius 2 is 1.73 bits per heavy atom. The van der Waals surface area contributed by atoms with Crippen LogP contribution >= 0.6 is 0 Å². The Kier molecular flexibility index (Phi) is 7.91. The van der Waals surface area contributed by atoms with Crippen molar-refractivity contribution in [3.05, 3.63) is 0 Å². The average molecular weight is 312 g/mol. The molecule has 4 heteroatoms. The van der Waals surface area contributed by atoms with E-state index in [0.717, 1.165) is 51.4 Å². The van der Waals surface area contributed by atoms with Crippen molar-refractivity contribution in [1.82, 2.24) is 0 Å². The Bertz CT molecular complexity index is 360. The first-order valence-electron chi connectivity index (χ1n) is 8.93. The third-order valence-electron chi connectivity index (χ3n) is 5.20. The van der Waals surface area contributed by atoms with Gasteiger partial charge in [0.2, 0.25) is 0 Å². The standard InChI is InChI=1S/C18H32O4/c1-4-7-8-12-18(5-2,6-3)22-17(21)15-11-9-10-14(13-15)16(19)20/h14-15H,4-13H2,1-3H3,(H,19,20). The highest BCUT2D eigenvalue weighted by Gasteiger charge is 2.36. The number of carbonyl (C=O) groups excluding carboxylic acids is 1. The van der Waals surface area contributed by atoms with Gasteiger partial charge in [0.1, 0.15) is 5.60 Å². The molecule has 1 aliphatic carbocycles. The minimum Gasteiger partial charge on any atom is -0.481 e. The zero-order valence-electron chi connectivity index (χ0n) is 14.4. The Morgan fingerprint density at radius 3 is 2.27 bits per heavy atom. The van der Waals surface area contributed by atoms with Crippen LogP contribution in [0.4, 0.5) is 0 Å². The molecule has 0 aromatic heterocycles. The maximum absolute atomic E-state index is 12.5. The predicted molar refractivity (Wildman–Crippen MR) is 86.6 cm³/mol. The number of carboxylic acid groups (broad SMARTS) is 1. The van der Waals surface area contributed by atoms with Crippen molar-refractivity contribution < 1.29 is 19.4 Å². The molecule has 0 spiro atoms. The molecule has 1 saturated carbocycles. The van der Waals surface area contributed by atoms with Gasteiger partial charge in [0.25, 0.3) is 0 Å². The first-order valence-corrected chi connectivity index (χ1v) is 8.93. The van der Waals surface area contributed by atoms with Gasteiger partial charge in [-0.1, -0.05) is 40.0 Å². The lowest BCUT2D eigenvalue weighted by Gasteiger charge is -2.34. The van der Waals surface area contributed by atoms with Gasteiger partial charge in [0.15, 0.2) is 0 Å². The Balaban J connectivity index is 2.63. The van der Waals surface area contributed by atoms with Crippen LogP contribution < -0.4 is 0 Å². The smallest absolute Gasteiger partial charge is 0.309 e. The van der Waals surface area contributed by atoms with Gasteiger partial charge in [-0.25, -0.2) is 0 Å². The van der Waals surface area contributed by atoms with E-state index in [1.165, 1.54) is 0 Å². The summed E-state index contributed by atoms with van der Waals surface area (Å²) in [4.78, 5) is 23.7. The Morgan fingerprint density at radius 1 is 1.09 bits per heavy atom. The quantitative estimate of drug-likeness (QED) is 0.501. The topological polar surface area (TPSA) is 63.6 Å². The zero-order valence-corrected chi connectivity index (χ0v) is 14.4. The maximum Gasteiger partial charge on any atom is 0.309 e. The van der Waals surface area contributed by atoms with E-state index < -0.39 is 5.97 Å². The first-order chi connectivity index (χ1) is 10.5. The summed E-state index contributed by atoms with van der Waals surface area (Å²) in [6, 6.07) is 0. The molecule has 0 radical (unpaired) electrons. The van der Waals surface area contributed by atoms with Crippen LogP contribution in [0.3, 0.4) is 0 Å². The lowest BCUT2D eigenvalue weighted by atomic mass is 9.81. The number of esters is 1. The summed E-state index contributed by atoms with van der Waals surface area (Å²) in [5.41, 5.74) is -0.359. The Hall–Kier alpha value is -1.06. The first kappa shape index (κ1) is 19.0. The molecule has 0 aliphatic heterocycles. The SMILES string of the molecule is CCCCCC(CC)(CC)OC(=O)C1CCCC(C(=O)O)C1. The average Bonchev–Trinajstić information content (AvgIpc) is 2.54. The minimum atomic E-state index is -0.780. The van der Waals surface area contributed by atoms with E-state index >= 15 is 0 Å². The lowest BCUT2D eigenvalue weighted by Crippen LogP contribution is -2.38. The van der Waals surface area contributed by atoms with Crippen LogP contribution in [0.2, 0.25) is 0 Å². The molecule has 1 rings (SSSR count). The second-order valence-corrected chi connectivity index (χ2v) is 6.67. The molecular weight excluding hydrogens is 280 g/mol. The highest BCUT2D eigenvalue weighted by atomic mass is 16.6. The molecule has 0 amide bonds. The number of carbonyl (C=O) groups is 2. The highest BCUT2D eigenvalue weighted by Crippen LogP contribution is 2.34. The number of rotatable bonds is 9. The molecule has 2 unspecified atom stereocenters. The summed E-state index contributed by atoms with van der Waals surface area (Å²) < 4.78 is 5.92. The molecule has 0 bridgehead atoms. The number of hydrogen-bond donors (Lipinski definition) is 1. The van der Waals surface area contributed by atoms with Crippen molar-refractivity contribution in [3.8, 4) is 0 Å². The van der Waals surface area contributed by atoms with Crippen molar-refractivity contribution in [2.75, 3.05) is 0 Å². The summed E-state index contributed by atoms with van der Waals surface area (Å²) >= 11 is 0. The third-order valence-corrected chi connectivity index (χ3v) is 5.20. The van der Waals surface area contributed by atoms with Crippen LogP contribution in [0, 0.1) is 11.8 Å². The monoisotopic (exact) mass is 312 g/mol. The fourth-order valence-corrected chi connectivity index (χ4v) is 3.42. The van der Waals surface area contributed by atoms with Crippen LogP contribution in [0.15, 0.2) is 0 Å². The fraction of sp³-hybridized carbons (Fsp3) is 0.889. The van der Waals surface area contributed by atoms with Gasteiger partial charge in [-0.15, -0.1) is 0 Å². The molecule has 2 atom stereocenters. The fourth-order valence-electron chi connectivity index (χ4n) is 3.42. The van der Waals surface area contributed by atoms with Crippen LogP contribution in [0.25, 0.3) is 0 Å². The van der Waals surface area contributed by atoms with E-state index in [-0.39, 0.29) is 23.4 Å². The predicted octanol–water partition coefficient (Wildman–Crippen LogP) is 4.56. The van der Waals surface area contributed by atoms with Crippen molar-refractivity contribution in [2.45, 2.75) is 90.6 Å². The summed E-state index contributed by atoms with van der Waals surface area (Å²) in [5, 5.41) is 9.15. The normalized spacial score (nSPS) is 22.3. The van der Waals surface area contributed by atoms with Gasteiger partial charge in [-0.2, -0.15) is 0 Å². The molecule has 128 valence electrons. The van der Waals surface area contributed by atoms with Crippen molar-refractivity contribution in [2.24, 2.45) is 11.8 Å². The Labute approximate surface area is 134 Å². The molecule has 0 aromatic carbocycles. The highest BCUT2D eigenvalue weighted by molar-refractivity contribution is 5.76. The maximum atomic E-state index is 12.5. The number of ether oxygens (including phenoxy) is 1. The largest absolute Gasteiger partial charge is 0.481 e. The molecule has 1 fully saturated rings. The van der Waals surface area contributed by atoms with E-state index in [0.29, 0.717) is 12.8 Å². The summed E-state index contributed by atoms with van der Waals surface area (Å²) in [5.74, 6) is -1.58. The minimum absolute atomic E-state index is 0.175. The number of carboxylic acids is 1. The van der Waals surface area contributed by atoms with E-state index in [1.54, 1.807) is 0 Å². The third kappa shape index (κ3) is 5.29. The van der Waals surface area contributed by atoms with Gasteiger partial charge >= 0.3 is 11.9 Å². The number of aliphatic carboxylic acids is 1. The van der Waals surface area contributed by atoms with E-state index in [4.69, 9.17) is 9.84 Å². The molecule has 1 aliphatic rings. The van der Waals surface area contributed by atoms with E-state index in [2.05, 4.69) is 20.8 Å². The second kappa shape index (κ2) is 9.16. The molecule has 0 heterocycles. The van der Waals surface area contributed by atoms with Crippen LogP contribution in [-0.2, 0) is 14.3 Å². The van der Waals surface area contributed by atoms with Gasteiger partial charge in [0.05, 0.1) is 11.8 Å².